The van der Waals surface area contributed by atoms with Gasteiger partial charge in [-0.1, -0.05) is 19.1 Å². The van der Waals surface area contributed by atoms with E-state index in [0.29, 0.717) is 11.0 Å². The Labute approximate surface area is 129 Å². The van der Waals surface area contributed by atoms with Gasteiger partial charge in [0.25, 0.3) is 0 Å². The Bertz CT molecular complexity index is 434. The molecule has 0 radical (unpaired) electrons. The molecule has 3 nitrogen and oxygen atoms in total. The fourth-order valence-corrected chi connectivity index (χ4v) is 3.98. The van der Waals surface area contributed by atoms with Crippen LogP contribution in [0, 0.1) is 0 Å². The molecule has 1 amide bonds. The Kier molecular flexibility index (Phi) is 6.76. The first-order valence-electron chi connectivity index (χ1n) is 7.13. The van der Waals surface area contributed by atoms with Gasteiger partial charge < -0.3 is 10.6 Å². The SMILES string of the molecule is CCSc1ccccc1NC(=O)CSC1CCNCC1. The largest absolute Gasteiger partial charge is 0.324 e. The highest BCUT2D eigenvalue weighted by Crippen LogP contribution is 2.27. The van der Waals surface area contributed by atoms with Crippen LogP contribution in [0.3, 0.4) is 0 Å². The molecule has 0 aromatic heterocycles. The van der Waals surface area contributed by atoms with Gasteiger partial charge in [0, 0.05) is 10.1 Å². The van der Waals surface area contributed by atoms with Crippen molar-refractivity contribution in [2.45, 2.75) is 29.9 Å². The summed E-state index contributed by atoms with van der Waals surface area (Å²) in [6.07, 6.45) is 2.33. The van der Waals surface area contributed by atoms with E-state index in [1.54, 1.807) is 23.5 Å². The van der Waals surface area contributed by atoms with E-state index >= 15 is 0 Å². The molecule has 1 aliphatic heterocycles. The average molecular weight is 310 g/mol. The average Bonchev–Trinajstić information content (AvgIpc) is 2.49. The second kappa shape index (κ2) is 8.60. The van der Waals surface area contributed by atoms with Gasteiger partial charge in [0.15, 0.2) is 0 Å². The molecule has 0 bridgehead atoms. The van der Waals surface area contributed by atoms with Gasteiger partial charge in [0.2, 0.25) is 5.91 Å². The molecule has 110 valence electrons. The lowest BCUT2D eigenvalue weighted by Crippen LogP contribution is -2.30. The van der Waals surface area contributed by atoms with Crippen molar-refractivity contribution < 1.29 is 4.79 Å². The maximum Gasteiger partial charge on any atom is 0.234 e. The molecule has 0 spiro atoms. The van der Waals surface area contributed by atoms with E-state index in [4.69, 9.17) is 0 Å². The van der Waals surface area contributed by atoms with Crippen molar-refractivity contribution in [1.82, 2.24) is 5.32 Å². The van der Waals surface area contributed by atoms with Gasteiger partial charge in [-0.05, 0) is 43.8 Å². The predicted octanol–water partition coefficient (Wildman–Crippen LogP) is 3.22. The smallest absolute Gasteiger partial charge is 0.234 e. The highest BCUT2D eigenvalue weighted by atomic mass is 32.2. The first-order chi connectivity index (χ1) is 9.79. The molecule has 5 heteroatoms. The molecule has 1 aromatic carbocycles. The maximum absolute atomic E-state index is 12.1. The van der Waals surface area contributed by atoms with Crippen LogP contribution in [0.4, 0.5) is 5.69 Å². The number of thioether (sulfide) groups is 2. The third kappa shape index (κ3) is 5.04. The number of nitrogens with one attached hydrogen (secondary N) is 2. The lowest BCUT2D eigenvalue weighted by atomic mass is 10.2. The number of benzene rings is 1. The summed E-state index contributed by atoms with van der Waals surface area (Å²) in [6.45, 7) is 4.28. The molecule has 2 N–H and O–H groups in total. The van der Waals surface area contributed by atoms with Crippen molar-refractivity contribution >= 4 is 35.1 Å². The molecule has 0 saturated carbocycles. The van der Waals surface area contributed by atoms with Crippen LogP contribution in [0.1, 0.15) is 19.8 Å². The van der Waals surface area contributed by atoms with Crippen LogP contribution in [0.2, 0.25) is 0 Å². The minimum Gasteiger partial charge on any atom is -0.324 e. The van der Waals surface area contributed by atoms with Crippen molar-refractivity contribution in [2.24, 2.45) is 0 Å². The van der Waals surface area contributed by atoms with Crippen molar-refractivity contribution in [3.05, 3.63) is 24.3 Å². The fraction of sp³-hybridized carbons (Fsp3) is 0.533. The van der Waals surface area contributed by atoms with E-state index in [0.717, 1.165) is 29.4 Å². The molecule has 1 aromatic rings. The lowest BCUT2D eigenvalue weighted by molar-refractivity contribution is -0.113. The van der Waals surface area contributed by atoms with Crippen LogP contribution in [0.15, 0.2) is 29.2 Å². The molecule has 2 rings (SSSR count). The molecule has 0 aliphatic carbocycles. The van der Waals surface area contributed by atoms with E-state index < -0.39 is 0 Å². The van der Waals surface area contributed by atoms with E-state index in [9.17, 15) is 4.79 Å². The van der Waals surface area contributed by atoms with Crippen molar-refractivity contribution in [3.63, 3.8) is 0 Å². The lowest BCUT2D eigenvalue weighted by Gasteiger charge is -2.21. The zero-order chi connectivity index (χ0) is 14.2. The second-order valence-electron chi connectivity index (χ2n) is 4.74. The number of carbonyl (C=O) groups excluding carboxylic acids is 1. The Balaban J connectivity index is 1.81. The highest BCUT2D eigenvalue weighted by Gasteiger charge is 2.15. The molecular formula is C15H22N2OS2. The second-order valence-corrected chi connectivity index (χ2v) is 7.33. The number of carbonyl (C=O) groups is 1. The van der Waals surface area contributed by atoms with Crippen LogP contribution in [0.5, 0.6) is 0 Å². The Morgan fingerprint density at radius 1 is 1.35 bits per heavy atom. The molecule has 1 saturated heterocycles. The van der Waals surface area contributed by atoms with Crippen LogP contribution in [-0.2, 0) is 4.79 Å². The third-order valence-electron chi connectivity index (χ3n) is 3.20. The van der Waals surface area contributed by atoms with Crippen molar-refractivity contribution in [2.75, 3.05) is 29.9 Å². The monoisotopic (exact) mass is 310 g/mol. The number of amides is 1. The third-order valence-corrected chi connectivity index (χ3v) is 5.52. The molecule has 0 atom stereocenters. The predicted molar refractivity (Wildman–Crippen MR) is 89.8 cm³/mol. The zero-order valence-corrected chi connectivity index (χ0v) is 13.5. The van der Waals surface area contributed by atoms with Gasteiger partial charge in [-0.2, -0.15) is 0 Å². The number of anilines is 1. The Hall–Kier alpha value is -0.650. The molecule has 20 heavy (non-hydrogen) atoms. The minimum absolute atomic E-state index is 0.109. The summed E-state index contributed by atoms with van der Waals surface area (Å²) in [4.78, 5) is 13.2. The summed E-state index contributed by atoms with van der Waals surface area (Å²) in [5, 5.41) is 7.01. The molecule has 0 unspecified atom stereocenters. The maximum atomic E-state index is 12.1. The van der Waals surface area contributed by atoms with Crippen molar-refractivity contribution in [1.29, 1.82) is 0 Å². The quantitative estimate of drug-likeness (QED) is 0.792. The minimum atomic E-state index is 0.109. The summed E-state index contributed by atoms with van der Waals surface area (Å²) in [5.74, 6) is 1.67. The number of piperidine rings is 1. The van der Waals surface area contributed by atoms with Crippen LogP contribution < -0.4 is 10.6 Å². The molecule has 1 heterocycles. The number of para-hydroxylation sites is 1. The standard InChI is InChI=1S/C15H22N2OS2/c1-2-19-14-6-4-3-5-13(14)17-15(18)11-20-12-7-9-16-10-8-12/h3-6,12,16H,2,7-11H2,1H3,(H,17,18). The normalized spacial score (nSPS) is 16.1. The van der Waals surface area contributed by atoms with Gasteiger partial charge >= 0.3 is 0 Å². The molecule has 1 fully saturated rings. The van der Waals surface area contributed by atoms with E-state index in [1.165, 1.54) is 12.8 Å². The van der Waals surface area contributed by atoms with Gasteiger partial charge in [-0.25, -0.2) is 0 Å². The first-order valence-corrected chi connectivity index (χ1v) is 9.17. The van der Waals surface area contributed by atoms with Crippen molar-refractivity contribution in [3.8, 4) is 0 Å². The Morgan fingerprint density at radius 2 is 2.10 bits per heavy atom. The zero-order valence-electron chi connectivity index (χ0n) is 11.9. The number of hydrogen-bond donors (Lipinski definition) is 2. The Morgan fingerprint density at radius 3 is 2.85 bits per heavy atom. The number of hydrogen-bond acceptors (Lipinski definition) is 4. The van der Waals surface area contributed by atoms with Gasteiger partial charge in [0.1, 0.15) is 0 Å². The summed E-state index contributed by atoms with van der Waals surface area (Å²) in [7, 11) is 0. The van der Waals surface area contributed by atoms with Gasteiger partial charge in [0.05, 0.1) is 11.4 Å². The van der Waals surface area contributed by atoms with E-state index in [-0.39, 0.29) is 5.91 Å². The summed E-state index contributed by atoms with van der Waals surface area (Å²) in [6, 6.07) is 8.02. The topological polar surface area (TPSA) is 41.1 Å². The summed E-state index contributed by atoms with van der Waals surface area (Å²) in [5.41, 5.74) is 0.940. The van der Waals surface area contributed by atoms with Gasteiger partial charge in [-0.3, -0.25) is 4.79 Å². The van der Waals surface area contributed by atoms with Crippen LogP contribution in [0.25, 0.3) is 0 Å². The highest BCUT2D eigenvalue weighted by molar-refractivity contribution is 8.00. The van der Waals surface area contributed by atoms with Crippen LogP contribution in [-0.4, -0.2) is 35.8 Å². The van der Waals surface area contributed by atoms with Crippen LogP contribution >= 0.6 is 23.5 Å². The van der Waals surface area contributed by atoms with E-state index in [1.807, 2.05) is 18.2 Å². The first kappa shape index (κ1) is 15.7. The number of rotatable bonds is 6. The summed E-state index contributed by atoms with van der Waals surface area (Å²) < 4.78 is 0. The fourth-order valence-electron chi connectivity index (χ4n) is 2.19. The molecular weight excluding hydrogens is 288 g/mol. The van der Waals surface area contributed by atoms with E-state index in [2.05, 4.69) is 23.6 Å². The van der Waals surface area contributed by atoms with Gasteiger partial charge in [-0.15, -0.1) is 23.5 Å². The summed E-state index contributed by atoms with van der Waals surface area (Å²) >= 11 is 3.55. The molecule has 1 aliphatic rings.